The number of carbonyl (C=O) groups is 2. The Balaban J connectivity index is 2.58. The first-order valence-corrected chi connectivity index (χ1v) is 6.00. The lowest BCUT2D eigenvalue weighted by Crippen LogP contribution is -2.33. The molecular formula is C13H17FN2O4. The van der Waals surface area contributed by atoms with Gasteiger partial charge in [0, 0.05) is 19.3 Å². The van der Waals surface area contributed by atoms with E-state index in [1.54, 1.807) is 7.11 Å². The number of hydrogen-bond donors (Lipinski definition) is 3. The maximum Gasteiger partial charge on any atom is 0.338 e. The molecule has 0 aromatic heterocycles. The summed E-state index contributed by atoms with van der Waals surface area (Å²) in [6.07, 6.45) is 0. The Hall–Kier alpha value is -2.15. The van der Waals surface area contributed by atoms with Crippen LogP contribution in [0.25, 0.3) is 0 Å². The Bertz CT molecular complexity index is 493. The lowest BCUT2D eigenvalue weighted by Gasteiger charge is -2.12. The van der Waals surface area contributed by atoms with Crippen molar-refractivity contribution in [1.29, 1.82) is 0 Å². The minimum Gasteiger partial charge on any atom is -0.478 e. The van der Waals surface area contributed by atoms with Gasteiger partial charge in [0.05, 0.1) is 12.2 Å². The zero-order valence-corrected chi connectivity index (χ0v) is 11.3. The first kappa shape index (κ1) is 15.9. The van der Waals surface area contributed by atoms with E-state index >= 15 is 0 Å². The van der Waals surface area contributed by atoms with Crippen molar-refractivity contribution in [2.24, 2.45) is 5.92 Å². The molecule has 20 heavy (non-hydrogen) atoms. The molecule has 0 spiro atoms. The molecule has 1 rings (SSSR count). The topological polar surface area (TPSA) is 87.7 Å². The second-order valence-corrected chi connectivity index (χ2v) is 4.40. The Morgan fingerprint density at radius 2 is 2.15 bits per heavy atom. The van der Waals surface area contributed by atoms with Crippen LogP contribution in [0.3, 0.4) is 0 Å². The van der Waals surface area contributed by atoms with Crippen molar-refractivity contribution >= 4 is 17.7 Å². The number of amides is 2. The van der Waals surface area contributed by atoms with Gasteiger partial charge in [0.1, 0.15) is 5.82 Å². The van der Waals surface area contributed by atoms with Gasteiger partial charge in [-0.05, 0) is 24.1 Å². The Kier molecular flexibility index (Phi) is 5.92. The quantitative estimate of drug-likeness (QED) is 0.744. The number of halogens is 1. The zero-order valence-electron chi connectivity index (χ0n) is 11.3. The van der Waals surface area contributed by atoms with Crippen LogP contribution >= 0.6 is 0 Å². The molecule has 7 heteroatoms. The molecule has 0 heterocycles. The van der Waals surface area contributed by atoms with E-state index in [-0.39, 0.29) is 11.6 Å². The summed E-state index contributed by atoms with van der Waals surface area (Å²) in [7, 11) is 1.57. The SMILES string of the molecule is COCC(C)CNC(=O)Nc1ccc(F)c(C(=O)O)c1. The number of carboxylic acids is 1. The highest BCUT2D eigenvalue weighted by Crippen LogP contribution is 2.14. The van der Waals surface area contributed by atoms with Gasteiger partial charge in [0.15, 0.2) is 0 Å². The number of nitrogens with one attached hydrogen (secondary N) is 2. The molecule has 1 aromatic rings. The Morgan fingerprint density at radius 3 is 2.75 bits per heavy atom. The molecule has 0 fully saturated rings. The number of aromatic carboxylic acids is 1. The van der Waals surface area contributed by atoms with Crippen LogP contribution in [0.4, 0.5) is 14.9 Å². The van der Waals surface area contributed by atoms with Gasteiger partial charge < -0.3 is 20.5 Å². The highest BCUT2D eigenvalue weighted by atomic mass is 19.1. The summed E-state index contributed by atoms with van der Waals surface area (Å²) in [5.41, 5.74) is -0.281. The van der Waals surface area contributed by atoms with E-state index in [2.05, 4.69) is 10.6 Å². The summed E-state index contributed by atoms with van der Waals surface area (Å²) < 4.78 is 18.1. The van der Waals surface area contributed by atoms with Crippen molar-refractivity contribution in [3.8, 4) is 0 Å². The Morgan fingerprint density at radius 1 is 1.45 bits per heavy atom. The van der Waals surface area contributed by atoms with Crippen LogP contribution in [0.15, 0.2) is 18.2 Å². The molecule has 1 atom stereocenters. The van der Waals surface area contributed by atoms with Crippen molar-refractivity contribution in [3.05, 3.63) is 29.6 Å². The van der Waals surface area contributed by atoms with E-state index in [0.29, 0.717) is 13.2 Å². The monoisotopic (exact) mass is 284 g/mol. The molecule has 2 amide bonds. The summed E-state index contributed by atoms with van der Waals surface area (Å²) in [4.78, 5) is 22.3. The largest absolute Gasteiger partial charge is 0.478 e. The molecule has 110 valence electrons. The fourth-order valence-corrected chi connectivity index (χ4v) is 1.55. The van der Waals surface area contributed by atoms with Crippen LogP contribution < -0.4 is 10.6 Å². The molecular weight excluding hydrogens is 267 g/mol. The van der Waals surface area contributed by atoms with E-state index in [1.165, 1.54) is 6.07 Å². The van der Waals surface area contributed by atoms with E-state index in [4.69, 9.17) is 9.84 Å². The minimum absolute atomic E-state index is 0.147. The predicted octanol–water partition coefficient (Wildman–Crippen LogP) is 1.93. The van der Waals surface area contributed by atoms with Gasteiger partial charge >= 0.3 is 12.0 Å². The molecule has 1 unspecified atom stereocenters. The van der Waals surface area contributed by atoms with Gasteiger partial charge in [-0.3, -0.25) is 0 Å². The summed E-state index contributed by atoms with van der Waals surface area (Å²) >= 11 is 0. The van der Waals surface area contributed by atoms with Gasteiger partial charge in [-0.25, -0.2) is 14.0 Å². The lowest BCUT2D eigenvalue weighted by atomic mass is 10.2. The number of urea groups is 1. The molecule has 0 aliphatic carbocycles. The highest BCUT2D eigenvalue weighted by molar-refractivity contribution is 5.93. The van der Waals surface area contributed by atoms with Gasteiger partial charge in [-0.15, -0.1) is 0 Å². The van der Waals surface area contributed by atoms with E-state index in [1.807, 2.05) is 6.92 Å². The first-order valence-electron chi connectivity index (χ1n) is 6.00. The number of hydrogen-bond acceptors (Lipinski definition) is 3. The average Bonchev–Trinajstić information content (AvgIpc) is 2.39. The Labute approximate surface area is 115 Å². The number of carboxylic acid groups (broad SMARTS) is 1. The third-order valence-electron chi connectivity index (χ3n) is 2.52. The predicted molar refractivity (Wildman–Crippen MR) is 71.4 cm³/mol. The first-order chi connectivity index (χ1) is 9.43. The summed E-state index contributed by atoms with van der Waals surface area (Å²) in [6.45, 7) is 2.83. The molecule has 1 aromatic carbocycles. The normalized spacial score (nSPS) is 11.8. The van der Waals surface area contributed by atoms with Crippen LogP contribution in [0.2, 0.25) is 0 Å². The summed E-state index contributed by atoms with van der Waals surface area (Å²) in [6, 6.07) is 2.86. The van der Waals surface area contributed by atoms with Crippen LogP contribution in [0.5, 0.6) is 0 Å². The molecule has 0 saturated heterocycles. The standard InChI is InChI=1S/C13H17FN2O4/c1-8(7-20-2)6-15-13(19)16-9-3-4-11(14)10(5-9)12(17)18/h3-5,8H,6-7H2,1-2H3,(H,17,18)(H2,15,16,19). The smallest absolute Gasteiger partial charge is 0.338 e. The number of carbonyl (C=O) groups excluding carboxylic acids is 1. The van der Waals surface area contributed by atoms with Crippen LogP contribution in [0, 0.1) is 11.7 Å². The van der Waals surface area contributed by atoms with E-state index < -0.39 is 23.4 Å². The van der Waals surface area contributed by atoms with Crippen molar-refractivity contribution in [2.45, 2.75) is 6.92 Å². The number of ether oxygens (including phenoxy) is 1. The zero-order chi connectivity index (χ0) is 15.1. The summed E-state index contributed by atoms with van der Waals surface area (Å²) in [5, 5.41) is 13.8. The van der Waals surface area contributed by atoms with Crippen LogP contribution in [-0.4, -0.2) is 37.4 Å². The van der Waals surface area contributed by atoms with Gasteiger partial charge in [0.2, 0.25) is 0 Å². The average molecular weight is 284 g/mol. The van der Waals surface area contributed by atoms with Gasteiger partial charge in [-0.2, -0.15) is 0 Å². The maximum absolute atomic E-state index is 13.2. The van der Waals surface area contributed by atoms with Crippen LogP contribution in [0.1, 0.15) is 17.3 Å². The summed E-state index contributed by atoms with van der Waals surface area (Å²) in [5.74, 6) is -2.09. The van der Waals surface area contributed by atoms with Gasteiger partial charge in [-0.1, -0.05) is 6.92 Å². The number of rotatable bonds is 6. The van der Waals surface area contributed by atoms with Crippen molar-refractivity contribution in [3.63, 3.8) is 0 Å². The molecule has 0 aliphatic rings. The molecule has 0 bridgehead atoms. The lowest BCUT2D eigenvalue weighted by molar-refractivity contribution is 0.0692. The molecule has 3 N–H and O–H groups in total. The fraction of sp³-hybridized carbons (Fsp3) is 0.385. The van der Waals surface area contributed by atoms with Crippen molar-refractivity contribution in [1.82, 2.24) is 5.32 Å². The van der Waals surface area contributed by atoms with E-state index in [0.717, 1.165) is 12.1 Å². The molecule has 6 nitrogen and oxygen atoms in total. The minimum atomic E-state index is -1.39. The fourth-order valence-electron chi connectivity index (χ4n) is 1.55. The van der Waals surface area contributed by atoms with Crippen LogP contribution in [-0.2, 0) is 4.74 Å². The number of anilines is 1. The highest BCUT2D eigenvalue weighted by Gasteiger charge is 2.12. The number of methoxy groups -OCH3 is 1. The second-order valence-electron chi connectivity index (χ2n) is 4.40. The third-order valence-corrected chi connectivity index (χ3v) is 2.52. The molecule has 0 radical (unpaired) electrons. The van der Waals surface area contributed by atoms with Crippen molar-refractivity contribution in [2.75, 3.05) is 25.6 Å². The van der Waals surface area contributed by atoms with E-state index in [9.17, 15) is 14.0 Å². The maximum atomic E-state index is 13.2. The molecule has 0 saturated carbocycles. The van der Waals surface area contributed by atoms with Crippen molar-refractivity contribution < 1.29 is 23.8 Å². The number of benzene rings is 1. The molecule has 0 aliphatic heterocycles. The second kappa shape index (κ2) is 7.44. The third kappa shape index (κ3) is 4.85. The van der Waals surface area contributed by atoms with Gasteiger partial charge in [0.25, 0.3) is 0 Å².